The largest absolute Gasteiger partial charge is 0.478 e. The quantitative estimate of drug-likeness (QED) is 0.828. The molecule has 2 heterocycles. The van der Waals surface area contributed by atoms with Crippen molar-refractivity contribution in [1.82, 2.24) is 24.9 Å². The lowest BCUT2D eigenvalue weighted by molar-refractivity contribution is -0.122. The molecular weight excluding hydrogens is 286 g/mol. The van der Waals surface area contributed by atoms with Crippen molar-refractivity contribution in [3.05, 3.63) is 35.4 Å². The smallest absolute Gasteiger partial charge is 0.338 e. The van der Waals surface area contributed by atoms with Crippen LogP contribution in [-0.2, 0) is 17.9 Å². The highest BCUT2D eigenvalue weighted by atomic mass is 16.4. The van der Waals surface area contributed by atoms with Crippen LogP contribution in [-0.4, -0.2) is 36.5 Å². The third-order valence-corrected chi connectivity index (χ3v) is 3.34. The number of aromatic carboxylic acids is 1. The van der Waals surface area contributed by atoms with Crippen molar-refractivity contribution < 1.29 is 14.7 Å². The molecular formula is C14H19N5O3. The number of amides is 1. The fourth-order valence-corrected chi connectivity index (χ4v) is 2.19. The molecule has 0 radical (unpaired) electrons. The third kappa shape index (κ3) is 3.51. The van der Waals surface area contributed by atoms with E-state index in [-0.39, 0.29) is 24.1 Å². The van der Waals surface area contributed by atoms with Crippen LogP contribution in [0, 0.1) is 6.92 Å². The zero-order chi connectivity index (χ0) is 16.3. The minimum atomic E-state index is -1.07. The normalized spacial score (nSPS) is 12.1. The maximum atomic E-state index is 12.0. The van der Waals surface area contributed by atoms with Crippen LogP contribution in [0.4, 0.5) is 0 Å². The van der Waals surface area contributed by atoms with E-state index < -0.39 is 5.97 Å². The Morgan fingerprint density at radius 3 is 2.64 bits per heavy atom. The molecule has 22 heavy (non-hydrogen) atoms. The number of carbonyl (C=O) groups is 2. The molecule has 2 aromatic heterocycles. The Morgan fingerprint density at radius 2 is 2.09 bits per heavy atom. The minimum absolute atomic E-state index is 0.0292. The summed E-state index contributed by atoms with van der Waals surface area (Å²) in [5, 5.41) is 19.9. The van der Waals surface area contributed by atoms with Gasteiger partial charge in [-0.05, 0) is 20.8 Å². The van der Waals surface area contributed by atoms with Crippen LogP contribution in [0.3, 0.4) is 0 Å². The van der Waals surface area contributed by atoms with Gasteiger partial charge in [-0.3, -0.25) is 14.2 Å². The van der Waals surface area contributed by atoms with E-state index in [2.05, 4.69) is 15.5 Å². The minimum Gasteiger partial charge on any atom is -0.478 e. The number of carboxylic acids is 1. The molecule has 8 nitrogen and oxygen atoms in total. The molecule has 2 rings (SSSR count). The number of nitrogens with one attached hydrogen (secondary N) is 1. The molecule has 2 aromatic rings. The molecule has 0 aliphatic heterocycles. The Labute approximate surface area is 127 Å². The predicted octanol–water partition coefficient (Wildman–Crippen LogP) is 0.984. The average Bonchev–Trinajstić information content (AvgIpc) is 3.05. The Morgan fingerprint density at radius 1 is 1.36 bits per heavy atom. The molecule has 0 saturated heterocycles. The first-order chi connectivity index (χ1) is 10.4. The Bertz CT molecular complexity index is 688. The van der Waals surface area contributed by atoms with E-state index in [4.69, 9.17) is 5.11 Å². The highest BCUT2D eigenvalue weighted by molar-refractivity contribution is 5.87. The number of hydrogen-bond acceptors (Lipinski definition) is 4. The van der Waals surface area contributed by atoms with Crippen LogP contribution in [0.25, 0.3) is 0 Å². The van der Waals surface area contributed by atoms with Gasteiger partial charge in [-0.25, -0.2) is 4.79 Å². The molecule has 0 aliphatic carbocycles. The summed E-state index contributed by atoms with van der Waals surface area (Å²) in [6.07, 6.45) is 4.46. The number of carboxylic acid groups (broad SMARTS) is 1. The van der Waals surface area contributed by atoms with Gasteiger partial charge in [-0.15, -0.1) is 0 Å². The van der Waals surface area contributed by atoms with Crippen molar-refractivity contribution >= 4 is 11.9 Å². The Balaban J connectivity index is 1.98. The fourth-order valence-electron chi connectivity index (χ4n) is 2.19. The van der Waals surface area contributed by atoms with E-state index in [1.807, 2.05) is 31.6 Å². The molecule has 118 valence electrons. The van der Waals surface area contributed by atoms with Gasteiger partial charge < -0.3 is 10.4 Å². The van der Waals surface area contributed by atoms with Gasteiger partial charge in [0.2, 0.25) is 5.91 Å². The van der Waals surface area contributed by atoms with Crippen molar-refractivity contribution in [2.75, 3.05) is 0 Å². The first kappa shape index (κ1) is 15.7. The van der Waals surface area contributed by atoms with Crippen molar-refractivity contribution in [1.29, 1.82) is 0 Å². The lowest BCUT2D eigenvalue weighted by atomic mass is 10.1. The second-order valence-electron chi connectivity index (χ2n) is 5.05. The lowest BCUT2D eigenvalue weighted by Crippen LogP contribution is -2.30. The van der Waals surface area contributed by atoms with Crippen LogP contribution in [0.5, 0.6) is 0 Å². The van der Waals surface area contributed by atoms with E-state index >= 15 is 0 Å². The number of aryl methyl sites for hydroxylation is 2. The molecule has 8 heteroatoms. The molecule has 0 saturated carbocycles. The van der Waals surface area contributed by atoms with Gasteiger partial charge >= 0.3 is 5.97 Å². The molecule has 0 aromatic carbocycles. The summed E-state index contributed by atoms with van der Waals surface area (Å²) in [6, 6.07) is -0.178. The van der Waals surface area contributed by atoms with Crippen molar-refractivity contribution in [3.63, 3.8) is 0 Å². The first-order valence-corrected chi connectivity index (χ1v) is 6.99. The van der Waals surface area contributed by atoms with Gasteiger partial charge in [0.15, 0.2) is 0 Å². The summed E-state index contributed by atoms with van der Waals surface area (Å²) in [4.78, 5) is 22.8. The van der Waals surface area contributed by atoms with Crippen molar-refractivity contribution in [2.45, 2.75) is 39.9 Å². The molecule has 1 atom stereocenters. The summed E-state index contributed by atoms with van der Waals surface area (Å²) < 4.78 is 3.12. The predicted molar refractivity (Wildman–Crippen MR) is 78.4 cm³/mol. The van der Waals surface area contributed by atoms with E-state index in [1.165, 1.54) is 17.1 Å². The Kier molecular flexibility index (Phi) is 4.59. The van der Waals surface area contributed by atoms with Gasteiger partial charge in [0.05, 0.1) is 23.5 Å². The highest BCUT2D eigenvalue weighted by Crippen LogP contribution is 2.15. The summed E-state index contributed by atoms with van der Waals surface area (Å²) in [7, 11) is 0. The third-order valence-electron chi connectivity index (χ3n) is 3.34. The maximum Gasteiger partial charge on any atom is 0.338 e. The lowest BCUT2D eigenvalue weighted by Gasteiger charge is -2.13. The molecule has 0 bridgehead atoms. The second-order valence-corrected chi connectivity index (χ2v) is 5.05. The number of rotatable bonds is 6. The summed E-state index contributed by atoms with van der Waals surface area (Å²) >= 11 is 0. The van der Waals surface area contributed by atoms with Gasteiger partial charge in [0.1, 0.15) is 6.54 Å². The maximum absolute atomic E-state index is 12.0. The van der Waals surface area contributed by atoms with Crippen LogP contribution in [0.15, 0.2) is 18.6 Å². The van der Waals surface area contributed by atoms with Gasteiger partial charge in [-0.1, -0.05) is 0 Å². The summed E-state index contributed by atoms with van der Waals surface area (Å²) in [6.45, 7) is 6.52. The average molecular weight is 305 g/mol. The zero-order valence-electron chi connectivity index (χ0n) is 12.8. The van der Waals surface area contributed by atoms with Crippen LogP contribution in [0.2, 0.25) is 0 Å². The molecule has 1 amide bonds. The molecule has 0 spiro atoms. The van der Waals surface area contributed by atoms with Gasteiger partial charge in [-0.2, -0.15) is 10.2 Å². The number of nitrogens with zero attached hydrogens (tertiary/aromatic N) is 4. The number of aromatic nitrogens is 4. The van der Waals surface area contributed by atoms with Crippen LogP contribution < -0.4 is 5.32 Å². The van der Waals surface area contributed by atoms with E-state index in [0.717, 1.165) is 17.8 Å². The zero-order valence-corrected chi connectivity index (χ0v) is 12.8. The summed E-state index contributed by atoms with van der Waals surface area (Å²) in [5.74, 6) is -1.31. The molecule has 1 unspecified atom stereocenters. The van der Waals surface area contributed by atoms with Crippen LogP contribution in [0.1, 0.15) is 41.5 Å². The number of hydrogen-bond donors (Lipinski definition) is 2. The molecule has 0 aliphatic rings. The van der Waals surface area contributed by atoms with E-state index in [0.29, 0.717) is 0 Å². The first-order valence-electron chi connectivity index (χ1n) is 6.99. The number of carbonyl (C=O) groups excluding carboxylic acids is 1. The SMILES string of the molecule is CCn1cc(C(C)NC(=O)Cn2cc(C(=O)O)cn2)c(C)n1. The topological polar surface area (TPSA) is 102 Å². The van der Waals surface area contributed by atoms with E-state index in [1.54, 1.807) is 0 Å². The monoisotopic (exact) mass is 305 g/mol. The van der Waals surface area contributed by atoms with Crippen molar-refractivity contribution in [3.8, 4) is 0 Å². The van der Waals surface area contributed by atoms with Gasteiger partial charge in [0, 0.05) is 24.5 Å². The molecule has 2 N–H and O–H groups in total. The van der Waals surface area contributed by atoms with E-state index in [9.17, 15) is 9.59 Å². The standard InChI is InChI=1S/C14H19N5O3/c1-4-18-7-12(10(3)17-18)9(2)16-13(20)8-19-6-11(5-15-19)14(21)22/h5-7,9H,4,8H2,1-3H3,(H,16,20)(H,21,22). The Hall–Kier alpha value is -2.64. The van der Waals surface area contributed by atoms with Gasteiger partial charge in [0.25, 0.3) is 0 Å². The second kappa shape index (κ2) is 6.42. The molecule has 0 fully saturated rings. The highest BCUT2D eigenvalue weighted by Gasteiger charge is 2.15. The fraction of sp³-hybridized carbons (Fsp3) is 0.429. The summed E-state index contributed by atoms with van der Waals surface area (Å²) in [5.41, 5.74) is 1.89. The van der Waals surface area contributed by atoms with Crippen LogP contribution >= 0.6 is 0 Å². The van der Waals surface area contributed by atoms with Crippen molar-refractivity contribution in [2.24, 2.45) is 0 Å².